The number of hydrogen-bond acceptors (Lipinski definition) is 5. The number of ether oxygens (including phenoxy) is 2. The summed E-state index contributed by atoms with van der Waals surface area (Å²) in [5.74, 6) is 5.75. The highest BCUT2D eigenvalue weighted by molar-refractivity contribution is 5.85. The highest BCUT2D eigenvalue weighted by Crippen LogP contribution is 2.14. The minimum atomic E-state index is -0.750. The molecule has 1 aliphatic heterocycles. The number of amides is 1. The standard InChI is InChI=1S/C17H28N2O4/c1-4-5-6-9-14-22-17(21)23-15-10-13-19(16(15)20)12-8-7-11-18(2)3/h15H,4-6,9-14H2,1-3H3/t15-/m0/s1. The molecule has 1 aliphatic rings. The molecular formula is C17H28N2O4. The molecule has 0 aromatic carbocycles. The fraction of sp³-hybridized carbons (Fsp3) is 0.765. The molecule has 1 amide bonds. The number of rotatable bonds is 8. The van der Waals surface area contributed by atoms with E-state index in [1.807, 2.05) is 19.0 Å². The molecule has 130 valence electrons. The van der Waals surface area contributed by atoms with Crippen molar-refractivity contribution in [3.63, 3.8) is 0 Å². The van der Waals surface area contributed by atoms with Crippen molar-refractivity contribution in [2.24, 2.45) is 0 Å². The lowest BCUT2D eigenvalue weighted by molar-refractivity contribution is -0.135. The normalized spacial score (nSPS) is 17.1. The van der Waals surface area contributed by atoms with Crippen LogP contribution >= 0.6 is 0 Å². The Bertz CT molecular complexity index is 440. The van der Waals surface area contributed by atoms with Gasteiger partial charge in [-0.3, -0.25) is 9.69 Å². The largest absolute Gasteiger partial charge is 0.509 e. The van der Waals surface area contributed by atoms with Crippen LogP contribution in [0.5, 0.6) is 0 Å². The minimum Gasteiger partial charge on any atom is -0.434 e. The second kappa shape index (κ2) is 10.9. The number of carbonyl (C=O) groups is 2. The van der Waals surface area contributed by atoms with Crippen molar-refractivity contribution in [1.29, 1.82) is 0 Å². The Hall–Kier alpha value is -1.74. The van der Waals surface area contributed by atoms with E-state index >= 15 is 0 Å². The first-order valence-electron chi connectivity index (χ1n) is 8.27. The Kier molecular flexibility index (Phi) is 9.15. The predicted molar refractivity (Wildman–Crippen MR) is 87.9 cm³/mol. The Labute approximate surface area is 139 Å². The average Bonchev–Trinajstić information content (AvgIpc) is 2.84. The summed E-state index contributed by atoms with van der Waals surface area (Å²) < 4.78 is 10.1. The van der Waals surface area contributed by atoms with Gasteiger partial charge in [0.15, 0.2) is 6.10 Å². The van der Waals surface area contributed by atoms with E-state index in [1.54, 1.807) is 4.90 Å². The van der Waals surface area contributed by atoms with Crippen molar-refractivity contribution >= 4 is 12.1 Å². The van der Waals surface area contributed by atoms with E-state index in [1.165, 1.54) is 0 Å². The monoisotopic (exact) mass is 324 g/mol. The Morgan fingerprint density at radius 1 is 1.30 bits per heavy atom. The predicted octanol–water partition coefficient (Wildman–Crippen LogP) is 1.89. The molecule has 0 N–H and O–H groups in total. The molecular weight excluding hydrogens is 296 g/mol. The molecule has 0 radical (unpaired) electrons. The van der Waals surface area contributed by atoms with Gasteiger partial charge >= 0.3 is 6.16 Å². The van der Waals surface area contributed by atoms with E-state index in [-0.39, 0.29) is 5.91 Å². The third-order valence-electron chi connectivity index (χ3n) is 3.49. The van der Waals surface area contributed by atoms with Gasteiger partial charge in [-0.25, -0.2) is 4.79 Å². The van der Waals surface area contributed by atoms with Crippen LogP contribution in [0, 0.1) is 11.8 Å². The maximum Gasteiger partial charge on any atom is 0.509 e. The van der Waals surface area contributed by atoms with Crippen molar-refractivity contribution in [3.8, 4) is 11.8 Å². The zero-order chi connectivity index (χ0) is 17.1. The third kappa shape index (κ3) is 7.89. The molecule has 0 saturated carbocycles. The van der Waals surface area contributed by atoms with Gasteiger partial charge in [0.25, 0.3) is 5.91 Å². The molecule has 1 atom stereocenters. The molecule has 0 unspecified atom stereocenters. The van der Waals surface area contributed by atoms with Crippen LogP contribution < -0.4 is 0 Å². The summed E-state index contributed by atoms with van der Waals surface area (Å²) in [5, 5.41) is 0. The van der Waals surface area contributed by atoms with Crippen LogP contribution in [-0.4, -0.2) is 68.3 Å². The van der Waals surface area contributed by atoms with E-state index in [0.717, 1.165) is 25.7 Å². The molecule has 1 fully saturated rings. The van der Waals surface area contributed by atoms with Gasteiger partial charge in [0, 0.05) is 13.0 Å². The summed E-state index contributed by atoms with van der Waals surface area (Å²) in [7, 11) is 3.88. The highest BCUT2D eigenvalue weighted by atomic mass is 16.7. The number of carbonyl (C=O) groups excluding carboxylic acids is 2. The molecule has 0 aromatic rings. The SMILES string of the molecule is CCCCCCOC(=O)O[C@H]1CCN(CC#CCN(C)C)C1=O. The Balaban J connectivity index is 2.24. The first-order chi connectivity index (χ1) is 11.0. The number of hydrogen-bond donors (Lipinski definition) is 0. The molecule has 0 aromatic heterocycles. The molecule has 1 rings (SSSR count). The lowest BCUT2D eigenvalue weighted by Crippen LogP contribution is -2.32. The van der Waals surface area contributed by atoms with Crippen LogP contribution in [0.25, 0.3) is 0 Å². The lowest BCUT2D eigenvalue weighted by Gasteiger charge is -2.13. The third-order valence-corrected chi connectivity index (χ3v) is 3.49. The van der Waals surface area contributed by atoms with E-state index in [0.29, 0.717) is 32.7 Å². The molecule has 6 nitrogen and oxygen atoms in total. The van der Waals surface area contributed by atoms with Gasteiger partial charge in [0.1, 0.15) is 0 Å². The van der Waals surface area contributed by atoms with Crippen LogP contribution in [0.1, 0.15) is 39.0 Å². The number of unbranched alkanes of at least 4 members (excludes halogenated alkanes) is 3. The maximum absolute atomic E-state index is 12.1. The zero-order valence-corrected chi connectivity index (χ0v) is 14.5. The first-order valence-corrected chi connectivity index (χ1v) is 8.27. The fourth-order valence-electron chi connectivity index (χ4n) is 2.18. The van der Waals surface area contributed by atoms with Crippen molar-refractivity contribution in [2.45, 2.75) is 45.1 Å². The Morgan fingerprint density at radius 2 is 2.09 bits per heavy atom. The second-order valence-corrected chi connectivity index (χ2v) is 5.91. The van der Waals surface area contributed by atoms with Gasteiger partial charge < -0.3 is 14.4 Å². The quantitative estimate of drug-likeness (QED) is 0.388. The molecule has 6 heteroatoms. The van der Waals surface area contributed by atoms with Crippen molar-refractivity contribution in [3.05, 3.63) is 0 Å². The fourth-order valence-corrected chi connectivity index (χ4v) is 2.18. The van der Waals surface area contributed by atoms with Crippen molar-refractivity contribution in [1.82, 2.24) is 9.80 Å². The zero-order valence-electron chi connectivity index (χ0n) is 14.5. The molecule has 0 bridgehead atoms. The van der Waals surface area contributed by atoms with Gasteiger partial charge in [0.2, 0.25) is 0 Å². The van der Waals surface area contributed by atoms with Gasteiger partial charge in [-0.2, -0.15) is 0 Å². The number of likely N-dealkylation sites (tertiary alicyclic amines) is 1. The van der Waals surface area contributed by atoms with Crippen LogP contribution in [-0.2, 0) is 14.3 Å². The number of nitrogens with zero attached hydrogens (tertiary/aromatic N) is 2. The van der Waals surface area contributed by atoms with E-state index in [2.05, 4.69) is 18.8 Å². The Morgan fingerprint density at radius 3 is 2.78 bits per heavy atom. The van der Waals surface area contributed by atoms with E-state index in [4.69, 9.17) is 9.47 Å². The summed E-state index contributed by atoms with van der Waals surface area (Å²) in [4.78, 5) is 27.2. The van der Waals surface area contributed by atoms with Gasteiger partial charge in [0.05, 0.1) is 19.7 Å². The second-order valence-electron chi connectivity index (χ2n) is 5.91. The van der Waals surface area contributed by atoms with Gasteiger partial charge in [-0.1, -0.05) is 38.0 Å². The average molecular weight is 324 g/mol. The summed E-state index contributed by atoms with van der Waals surface area (Å²) in [6.45, 7) is 4.06. The summed E-state index contributed by atoms with van der Waals surface area (Å²) in [5.41, 5.74) is 0. The molecule has 1 saturated heterocycles. The van der Waals surface area contributed by atoms with Crippen LogP contribution in [0.4, 0.5) is 4.79 Å². The van der Waals surface area contributed by atoms with Crippen LogP contribution in [0.3, 0.4) is 0 Å². The summed E-state index contributed by atoms with van der Waals surface area (Å²) in [6, 6.07) is 0. The first kappa shape index (κ1) is 19.3. The molecule has 23 heavy (non-hydrogen) atoms. The summed E-state index contributed by atoms with van der Waals surface area (Å²) in [6.07, 6.45) is 3.14. The molecule has 0 spiro atoms. The van der Waals surface area contributed by atoms with E-state index in [9.17, 15) is 9.59 Å². The van der Waals surface area contributed by atoms with E-state index < -0.39 is 12.3 Å². The maximum atomic E-state index is 12.1. The highest BCUT2D eigenvalue weighted by Gasteiger charge is 2.34. The van der Waals surface area contributed by atoms with Gasteiger partial charge in [-0.15, -0.1) is 0 Å². The lowest BCUT2D eigenvalue weighted by atomic mass is 10.2. The van der Waals surface area contributed by atoms with Crippen molar-refractivity contribution < 1.29 is 19.1 Å². The topological polar surface area (TPSA) is 59.1 Å². The minimum absolute atomic E-state index is 0.188. The molecule has 0 aliphatic carbocycles. The summed E-state index contributed by atoms with van der Waals surface area (Å²) >= 11 is 0. The smallest absolute Gasteiger partial charge is 0.434 e. The molecule has 1 heterocycles. The van der Waals surface area contributed by atoms with Crippen LogP contribution in [0.15, 0.2) is 0 Å². The van der Waals surface area contributed by atoms with Crippen molar-refractivity contribution in [2.75, 3.05) is 40.3 Å². The van der Waals surface area contributed by atoms with Gasteiger partial charge in [-0.05, 0) is 20.5 Å². The van der Waals surface area contributed by atoms with Crippen LogP contribution in [0.2, 0.25) is 0 Å².